The molecule has 0 bridgehead atoms. The molecular formula is C20H22FN5O. The molecule has 2 aromatic heterocycles. The Morgan fingerprint density at radius 3 is 3.00 bits per heavy atom. The lowest BCUT2D eigenvalue weighted by atomic mass is 10.1. The zero-order valence-corrected chi connectivity index (χ0v) is 15.0. The molecule has 3 aromatic rings. The van der Waals surface area contributed by atoms with Gasteiger partial charge in [0.05, 0.1) is 5.39 Å². The number of fused-ring (bicyclic) bond motifs is 2. The van der Waals surface area contributed by atoms with E-state index in [4.69, 9.17) is 10.5 Å². The van der Waals surface area contributed by atoms with Crippen molar-refractivity contribution in [1.82, 2.24) is 14.8 Å². The van der Waals surface area contributed by atoms with Gasteiger partial charge in [-0.25, -0.2) is 14.1 Å². The van der Waals surface area contributed by atoms with Crippen molar-refractivity contribution in [2.45, 2.75) is 44.8 Å². The van der Waals surface area contributed by atoms with Gasteiger partial charge in [0.25, 0.3) is 0 Å². The van der Waals surface area contributed by atoms with E-state index in [1.54, 1.807) is 4.68 Å². The van der Waals surface area contributed by atoms with Crippen molar-refractivity contribution in [2.24, 2.45) is 0 Å². The van der Waals surface area contributed by atoms with Crippen molar-refractivity contribution in [3.05, 3.63) is 41.2 Å². The number of nitrogens with two attached hydrogens (primary N) is 1. The highest BCUT2D eigenvalue weighted by atomic mass is 19.1. The van der Waals surface area contributed by atoms with Crippen molar-refractivity contribution in [2.75, 3.05) is 17.7 Å². The van der Waals surface area contributed by atoms with Crippen LogP contribution in [0.3, 0.4) is 0 Å². The minimum Gasteiger partial charge on any atom is -0.382 e. The van der Waals surface area contributed by atoms with Crippen molar-refractivity contribution >= 4 is 28.4 Å². The number of nitrogens with zero attached hydrogens (tertiary/aromatic N) is 3. The maximum absolute atomic E-state index is 14.7. The summed E-state index contributed by atoms with van der Waals surface area (Å²) in [6.45, 7) is 0.689. The number of aromatic nitrogens is 3. The third-order valence-corrected chi connectivity index (χ3v) is 5.49. The number of pyridine rings is 1. The molecule has 3 N–H and O–H groups in total. The summed E-state index contributed by atoms with van der Waals surface area (Å²) in [6.07, 6.45) is 5.96. The molecule has 0 saturated carbocycles. The monoisotopic (exact) mass is 367 g/mol. The number of hydrogen-bond donors (Lipinski definition) is 2. The van der Waals surface area contributed by atoms with Gasteiger partial charge < -0.3 is 15.8 Å². The first-order valence-corrected chi connectivity index (χ1v) is 9.54. The lowest BCUT2D eigenvalue weighted by Crippen LogP contribution is -2.19. The van der Waals surface area contributed by atoms with Crippen LogP contribution in [-0.4, -0.2) is 21.4 Å². The molecule has 0 radical (unpaired) electrons. The smallest absolute Gasteiger partial charge is 0.169 e. The molecule has 1 unspecified atom stereocenters. The van der Waals surface area contributed by atoms with E-state index in [1.807, 2.05) is 12.1 Å². The van der Waals surface area contributed by atoms with E-state index in [-0.39, 0.29) is 17.9 Å². The summed E-state index contributed by atoms with van der Waals surface area (Å²) in [6, 6.07) is 7.53. The molecule has 7 heteroatoms. The average molecular weight is 367 g/mol. The minimum atomic E-state index is -0.436. The summed E-state index contributed by atoms with van der Waals surface area (Å²) < 4.78 is 22.3. The van der Waals surface area contributed by atoms with Crippen LogP contribution >= 0.6 is 0 Å². The Labute approximate surface area is 156 Å². The lowest BCUT2D eigenvalue weighted by molar-refractivity contribution is -0.0368. The second-order valence-corrected chi connectivity index (χ2v) is 7.26. The Hall–Kier alpha value is -2.67. The highest BCUT2D eigenvalue weighted by molar-refractivity contribution is 5.88. The quantitative estimate of drug-likeness (QED) is 0.729. The summed E-state index contributed by atoms with van der Waals surface area (Å²) in [4.78, 5) is 4.55. The molecule has 2 aliphatic rings. The number of anilines is 3. The molecule has 1 saturated heterocycles. The summed E-state index contributed by atoms with van der Waals surface area (Å²) in [5.74, 6) is 0.0337. The Balaban J connectivity index is 1.57. The molecule has 27 heavy (non-hydrogen) atoms. The SMILES string of the molecule is Nc1nn(C2CCCCO2)c2nc(Nc3cccc4c3CCC4)c(F)cc12. The summed E-state index contributed by atoms with van der Waals surface area (Å²) >= 11 is 0. The topological polar surface area (TPSA) is 78.0 Å². The number of rotatable bonds is 3. The number of hydrogen-bond acceptors (Lipinski definition) is 5. The fourth-order valence-corrected chi connectivity index (χ4v) is 4.13. The molecule has 1 fully saturated rings. The summed E-state index contributed by atoms with van der Waals surface area (Å²) in [5, 5.41) is 8.09. The summed E-state index contributed by atoms with van der Waals surface area (Å²) in [5.41, 5.74) is 10.1. The van der Waals surface area contributed by atoms with E-state index in [0.29, 0.717) is 17.6 Å². The minimum absolute atomic E-state index is 0.194. The fourth-order valence-electron chi connectivity index (χ4n) is 4.13. The van der Waals surface area contributed by atoms with Gasteiger partial charge >= 0.3 is 0 Å². The average Bonchev–Trinajstić information content (AvgIpc) is 3.29. The fraction of sp³-hybridized carbons (Fsp3) is 0.400. The van der Waals surface area contributed by atoms with E-state index < -0.39 is 5.82 Å². The van der Waals surface area contributed by atoms with E-state index in [2.05, 4.69) is 21.5 Å². The maximum atomic E-state index is 14.7. The van der Waals surface area contributed by atoms with Crippen LogP contribution in [0.1, 0.15) is 43.0 Å². The van der Waals surface area contributed by atoms with Gasteiger partial charge in [-0.3, -0.25) is 0 Å². The van der Waals surface area contributed by atoms with Gasteiger partial charge in [0.15, 0.2) is 29.3 Å². The van der Waals surface area contributed by atoms with Gasteiger partial charge in [-0.15, -0.1) is 0 Å². The third-order valence-electron chi connectivity index (χ3n) is 5.49. The van der Waals surface area contributed by atoms with Crippen LogP contribution in [0.25, 0.3) is 11.0 Å². The standard InChI is InChI=1S/C20H22FN5O/c21-15-11-14-18(22)25-26(17-9-1-2-10-27-17)20(14)24-19(15)23-16-8-4-6-12-5-3-7-13(12)16/h4,6,8,11,17H,1-3,5,7,9-10H2,(H2,22,25)(H,23,24). The molecule has 1 aliphatic heterocycles. The Kier molecular flexibility index (Phi) is 3.97. The van der Waals surface area contributed by atoms with Crippen molar-refractivity contribution in [3.8, 4) is 0 Å². The molecule has 0 amide bonds. The predicted octanol–water partition coefficient (Wildman–Crippen LogP) is 4.08. The highest BCUT2D eigenvalue weighted by Gasteiger charge is 2.23. The molecule has 5 rings (SSSR count). The van der Waals surface area contributed by atoms with Gasteiger partial charge in [0.1, 0.15) is 0 Å². The second kappa shape index (κ2) is 6.49. The zero-order valence-electron chi connectivity index (χ0n) is 15.0. The first-order valence-electron chi connectivity index (χ1n) is 9.54. The van der Waals surface area contributed by atoms with E-state index in [0.717, 1.165) is 44.2 Å². The number of benzene rings is 1. The van der Waals surface area contributed by atoms with Crippen molar-refractivity contribution in [3.63, 3.8) is 0 Å². The molecule has 6 nitrogen and oxygen atoms in total. The number of halogens is 1. The van der Waals surface area contributed by atoms with Gasteiger partial charge in [0.2, 0.25) is 0 Å². The molecule has 140 valence electrons. The summed E-state index contributed by atoms with van der Waals surface area (Å²) in [7, 11) is 0. The van der Waals surface area contributed by atoms with E-state index in [1.165, 1.54) is 17.2 Å². The molecular weight excluding hydrogens is 345 g/mol. The van der Waals surface area contributed by atoms with Gasteiger partial charge in [-0.1, -0.05) is 12.1 Å². The third kappa shape index (κ3) is 2.82. The predicted molar refractivity (Wildman–Crippen MR) is 102 cm³/mol. The second-order valence-electron chi connectivity index (χ2n) is 7.26. The molecule has 1 atom stereocenters. The first-order chi connectivity index (χ1) is 13.2. The lowest BCUT2D eigenvalue weighted by Gasteiger charge is -2.23. The van der Waals surface area contributed by atoms with Crippen LogP contribution in [-0.2, 0) is 17.6 Å². The number of ether oxygens (including phenoxy) is 1. The first kappa shape index (κ1) is 16.5. The van der Waals surface area contributed by atoms with E-state index >= 15 is 0 Å². The largest absolute Gasteiger partial charge is 0.382 e. The van der Waals surface area contributed by atoms with Crippen LogP contribution in [0, 0.1) is 5.82 Å². The van der Waals surface area contributed by atoms with Gasteiger partial charge in [-0.2, -0.15) is 5.10 Å². The zero-order chi connectivity index (χ0) is 18.4. The van der Waals surface area contributed by atoms with Crippen LogP contribution in [0.4, 0.5) is 21.7 Å². The molecule has 1 aromatic carbocycles. The van der Waals surface area contributed by atoms with Gasteiger partial charge in [0, 0.05) is 12.3 Å². The van der Waals surface area contributed by atoms with E-state index in [9.17, 15) is 4.39 Å². The molecule has 0 spiro atoms. The Bertz CT molecular complexity index is 1010. The van der Waals surface area contributed by atoms with Crippen molar-refractivity contribution < 1.29 is 9.13 Å². The Morgan fingerprint density at radius 1 is 1.22 bits per heavy atom. The van der Waals surface area contributed by atoms with Crippen LogP contribution in [0.15, 0.2) is 24.3 Å². The normalized spacial score (nSPS) is 19.4. The van der Waals surface area contributed by atoms with Crippen LogP contribution in [0.5, 0.6) is 0 Å². The number of aryl methyl sites for hydroxylation is 1. The molecule has 1 aliphatic carbocycles. The number of nitrogens with one attached hydrogen (secondary N) is 1. The van der Waals surface area contributed by atoms with Crippen molar-refractivity contribution in [1.29, 1.82) is 0 Å². The van der Waals surface area contributed by atoms with Gasteiger partial charge in [-0.05, 0) is 61.8 Å². The Morgan fingerprint density at radius 2 is 2.15 bits per heavy atom. The maximum Gasteiger partial charge on any atom is 0.169 e. The number of nitrogen functional groups attached to an aromatic ring is 1. The van der Waals surface area contributed by atoms with Crippen LogP contribution < -0.4 is 11.1 Å². The van der Waals surface area contributed by atoms with Crippen LogP contribution in [0.2, 0.25) is 0 Å². The molecule has 3 heterocycles. The highest BCUT2D eigenvalue weighted by Crippen LogP contribution is 2.33.